The molecule has 0 saturated heterocycles. The van der Waals surface area contributed by atoms with Crippen LogP contribution in [0.25, 0.3) is 0 Å². The van der Waals surface area contributed by atoms with E-state index in [4.69, 9.17) is 4.74 Å². The Morgan fingerprint density at radius 2 is 2.38 bits per heavy atom. The van der Waals surface area contributed by atoms with Gasteiger partial charge in [-0.15, -0.1) is 0 Å². The molecule has 0 fully saturated rings. The number of esters is 1. The summed E-state index contributed by atoms with van der Waals surface area (Å²) in [5.74, 6) is -0.444. The SMILES string of the molecule is CCOC(=O)c1sc(=O)[nH]c1CBr. The largest absolute Gasteiger partial charge is 0.462 e. The van der Waals surface area contributed by atoms with Crippen molar-refractivity contribution in [3.05, 3.63) is 20.2 Å². The van der Waals surface area contributed by atoms with Crippen molar-refractivity contribution in [3.63, 3.8) is 0 Å². The summed E-state index contributed by atoms with van der Waals surface area (Å²) < 4.78 is 4.78. The maximum atomic E-state index is 11.2. The Labute approximate surface area is 87.1 Å². The molecule has 0 aliphatic rings. The normalized spacial score (nSPS) is 10.0. The molecule has 0 radical (unpaired) electrons. The summed E-state index contributed by atoms with van der Waals surface area (Å²) in [6.45, 7) is 2.04. The maximum Gasteiger partial charge on any atom is 0.350 e. The smallest absolute Gasteiger partial charge is 0.350 e. The summed E-state index contributed by atoms with van der Waals surface area (Å²) in [4.78, 5) is 24.8. The Balaban J connectivity index is 2.98. The van der Waals surface area contributed by atoms with Crippen LogP contribution < -0.4 is 4.87 Å². The van der Waals surface area contributed by atoms with Crippen LogP contribution in [0.1, 0.15) is 22.3 Å². The summed E-state index contributed by atoms with van der Waals surface area (Å²) in [7, 11) is 0. The van der Waals surface area contributed by atoms with Gasteiger partial charge >= 0.3 is 10.8 Å². The number of nitrogens with one attached hydrogen (secondary N) is 1. The van der Waals surface area contributed by atoms with Crippen LogP contribution in [0.5, 0.6) is 0 Å². The number of carbonyl (C=O) groups is 1. The Morgan fingerprint density at radius 1 is 1.69 bits per heavy atom. The highest BCUT2D eigenvalue weighted by molar-refractivity contribution is 9.08. The van der Waals surface area contributed by atoms with Gasteiger partial charge in [0.15, 0.2) is 0 Å². The second kappa shape index (κ2) is 4.57. The summed E-state index contributed by atoms with van der Waals surface area (Å²) in [5.41, 5.74) is 0.577. The van der Waals surface area contributed by atoms with E-state index in [1.165, 1.54) is 0 Å². The van der Waals surface area contributed by atoms with Gasteiger partial charge in [-0.1, -0.05) is 27.3 Å². The van der Waals surface area contributed by atoms with Gasteiger partial charge in [-0.3, -0.25) is 4.79 Å². The van der Waals surface area contributed by atoms with Crippen LogP contribution in [0.2, 0.25) is 0 Å². The topological polar surface area (TPSA) is 59.2 Å². The number of rotatable bonds is 3. The zero-order chi connectivity index (χ0) is 9.84. The molecule has 0 unspecified atom stereocenters. The molecule has 4 nitrogen and oxygen atoms in total. The average molecular weight is 266 g/mol. The number of thiazole rings is 1. The van der Waals surface area contributed by atoms with Gasteiger partial charge in [-0.25, -0.2) is 4.79 Å². The van der Waals surface area contributed by atoms with Gasteiger partial charge in [0.25, 0.3) is 0 Å². The van der Waals surface area contributed by atoms with Crippen molar-refractivity contribution in [1.29, 1.82) is 0 Å². The Kier molecular flexibility index (Phi) is 3.68. The summed E-state index contributed by atoms with van der Waals surface area (Å²) in [6.07, 6.45) is 0. The fourth-order valence-electron chi connectivity index (χ4n) is 0.815. The summed E-state index contributed by atoms with van der Waals surface area (Å²) in [6, 6.07) is 0. The van der Waals surface area contributed by atoms with Crippen molar-refractivity contribution in [2.24, 2.45) is 0 Å². The first kappa shape index (κ1) is 10.5. The van der Waals surface area contributed by atoms with Crippen LogP contribution in [0.4, 0.5) is 0 Å². The highest BCUT2D eigenvalue weighted by atomic mass is 79.9. The molecule has 6 heteroatoms. The van der Waals surface area contributed by atoms with Gasteiger partial charge in [0.2, 0.25) is 0 Å². The number of halogens is 1. The molecule has 0 atom stereocenters. The fourth-order valence-corrected chi connectivity index (χ4v) is 2.17. The third-order valence-corrected chi connectivity index (χ3v) is 2.78. The average Bonchev–Trinajstić information content (AvgIpc) is 2.47. The van der Waals surface area contributed by atoms with Gasteiger partial charge in [-0.05, 0) is 6.92 Å². The standard InChI is InChI=1S/C7H8BrNO3S/c1-2-12-6(10)5-4(3-8)9-7(11)13-5/h2-3H2,1H3,(H,9,11). The summed E-state index contributed by atoms with van der Waals surface area (Å²) in [5, 5.41) is 0.444. The molecular formula is C7H8BrNO3S. The lowest BCUT2D eigenvalue weighted by Crippen LogP contribution is -2.04. The molecule has 1 rings (SSSR count). The van der Waals surface area contributed by atoms with Crippen LogP contribution in [0, 0.1) is 0 Å². The van der Waals surface area contributed by atoms with E-state index in [1.54, 1.807) is 6.92 Å². The number of hydrogen-bond donors (Lipinski definition) is 1. The first-order valence-electron chi connectivity index (χ1n) is 3.64. The van der Waals surface area contributed by atoms with Crippen molar-refractivity contribution < 1.29 is 9.53 Å². The minimum Gasteiger partial charge on any atom is -0.462 e. The second-order valence-corrected chi connectivity index (χ2v) is 3.72. The Bertz CT molecular complexity index is 357. The van der Waals surface area contributed by atoms with Gasteiger partial charge in [0.05, 0.1) is 12.3 Å². The van der Waals surface area contributed by atoms with Crippen molar-refractivity contribution in [2.45, 2.75) is 12.3 Å². The lowest BCUT2D eigenvalue weighted by atomic mass is 10.4. The molecule has 1 aromatic heterocycles. The zero-order valence-corrected chi connectivity index (χ0v) is 9.33. The summed E-state index contributed by atoms with van der Waals surface area (Å²) >= 11 is 4.04. The highest BCUT2D eigenvalue weighted by Gasteiger charge is 2.15. The minimum absolute atomic E-state index is 0.238. The number of carbonyl (C=O) groups excluding carboxylic acids is 1. The molecule has 0 spiro atoms. The Morgan fingerprint density at radius 3 is 2.92 bits per heavy atom. The molecule has 1 N–H and O–H groups in total. The second-order valence-electron chi connectivity index (χ2n) is 2.18. The number of aromatic amines is 1. The van der Waals surface area contributed by atoms with E-state index in [-0.39, 0.29) is 4.87 Å². The third kappa shape index (κ3) is 2.41. The number of H-pyrrole nitrogens is 1. The third-order valence-electron chi connectivity index (χ3n) is 1.32. The molecule has 72 valence electrons. The van der Waals surface area contributed by atoms with Crippen molar-refractivity contribution in [1.82, 2.24) is 4.98 Å². The molecule has 0 saturated carbocycles. The zero-order valence-electron chi connectivity index (χ0n) is 6.93. The van der Waals surface area contributed by atoms with Gasteiger partial charge < -0.3 is 9.72 Å². The highest BCUT2D eigenvalue weighted by Crippen LogP contribution is 2.13. The first-order valence-corrected chi connectivity index (χ1v) is 5.58. The number of hydrogen-bond acceptors (Lipinski definition) is 4. The van der Waals surface area contributed by atoms with Crippen molar-refractivity contribution >= 4 is 33.2 Å². The quantitative estimate of drug-likeness (QED) is 0.666. The van der Waals surface area contributed by atoms with Crippen molar-refractivity contribution in [2.75, 3.05) is 6.61 Å². The van der Waals surface area contributed by atoms with E-state index >= 15 is 0 Å². The molecule has 0 aromatic carbocycles. The predicted octanol–water partition coefficient (Wildman–Crippen LogP) is 1.51. The molecule has 0 aliphatic heterocycles. The van der Waals surface area contributed by atoms with Crippen LogP contribution in [0.15, 0.2) is 4.79 Å². The lowest BCUT2D eigenvalue weighted by Gasteiger charge is -1.98. The van der Waals surface area contributed by atoms with Gasteiger partial charge in [-0.2, -0.15) is 0 Å². The van der Waals surface area contributed by atoms with Crippen LogP contribution in [0.3, 0.4) is 0 Å². The minimum atomic E-state index is -0.444. The molecule has 0 amide bonds. The van der Waals surface area contributed by atoms with Crippen molar-refractivity contribution in [3.8, 4) is 0 Å². The first-order chi connectivity index (χ1) is 6.19. The number of ether oxygens (including phenoxy) is 1. The fraction of sp³-hybridized carbons (Fsp3) is 0.429. The number of aromatic nitrogens is 1. The van der Waals surface area contributed by atoms with Crippen LogP contribution in [-0.4, -0.2) is 17.6 Å². The maximum absolute atomic E-state index is 11.2. The van der Waals surface area contributed by atoms with Gasteiger partial charge in [0.1, 0.15) is 4.88 Å². The molecular weight excluding hydrogens is 258 g/mol. The van der Waals surface area contributed by atoms with Crippen LogP contribution >= 0.6 is 27.3 Å². The lowest BCUT2D eigenvalue weighted by molar-refractivity contribution is 0.0531. The van der Waals surface area contributed by atoms with Crippen LogP contribution in [-0.2, 0) is 10.1 Å². The number of alkyl halides is 1. The molecule has 0 bridgehead atoms. The molecule has 1 heterocycles. The molecule has 1 aromatic rings. The van der Waals surface area contributed by atoms with E-state index in [0.717, 1.165) is 11.3 Å². The van der Waals surface area contributed by atoms with E-state index in [2.05, 4.69) is 20.9 Å². The van der Waals surface area contributed by atoms with E-state index in [1.807, 2.05) is 0 Å². The molecule has 13 heavy (non-hydrogen) atoms. The predicted molar refractivity (Wildman–Crippen MR) is 53.5 cm³/mol. The van der Waals surface area contributed by atoms with E-state index in [0.29, 0.717) is 22.5 Å². The van der Waals surface area contributed by atoms with E-state index < -0.39 is 5.97 Å². The van der Waals surface area contributed by atoms with E-state index in [9.17, 15) is 9.59 Å². The monoisotopic (exact) mass is 265 g/mol. The van der Waals surface area contributed by atoms with Gasteiger partial charge in [0, 0.05) is 5.33 Å². The molecule has 0 aliphatic carbocycles. The Hall–Kier alpha value is -0.620.